The second kappa shape index (κ2) is 10.4. The Hall–Kier alpha value is -1.93. The van der Waals surface area contributed by atoms with Crippen molar-refractivity contribution in [1.29, 1.82) is 0 Å². The zero-order chi connectivity index (χ0) is 21.6. The van der Waals surface area contributed by atoms with Crippen LogP contribution in [0.5, 0.6) is 0 Å². The van der Waals surface area contributed by atoms with E-state index in [1.165, 1.54) is 0 Å². The van der Waals surface area contributed by atoms with Crippen LogP contribution in [0.15, 0.2) is 53.4 Å². The van der Waals surface area contributed by atoms with Gasteiger partial charge in [-0.15, -0.1) is 0 Å². The van der Waals surface area contributed by atoms with Crippen molar-refractivity contribution in [2.24, 2.45) is 5.92 Å². The van der Waals surface area contributed by atoms with Crippen molar-refractivity contribution in [3.63, 3.8) is 0 Å². The van der Waals surface area contributed by atoms with E-state index in [9.17, 15) is 13.2 Å². The van der Waals surface area contributed by atoms with Crippen LogP contribution in [0.25, 0.3) is 0 Å². The van der Waals surface area contributed by atoms with Crippen LogP contribution in [0.1, 0.15) is 24.8 Å². The zero-order valence-electron chi connectivity index (χ0n) is 17.1. The number of anilines is 1. The highest BCUT2D eigenvalue weighted by molar-refractivity contribution is 7.89. The quantitative estimate of drug-likeness (QED) is 0.644. The molecule has 3 rings (SSSR count). The number of halogens is 1. The van der Waals surface area contributed by atoms with Crippen LogP contribution >= 0.6 is 11.6 Å². The number of hydrogen-bond acceptors (Lipinski definition) is 4. The molecule has 1 heterocycles. The Bertz CT molecular complexity index is 964. The van der Waals surface area contributed by atoms with Gasteiger partial charge in [0.05, 0.1) is 4.90 Å². The number of carbonyl (C=O) groups excluding carboxylic acids is 1. The van der Waals surface area contributed by atoms with Crippen molar-refractivity contribution in [1.82, 2.24) is 9.62 Å². The number of carbonyl (C=O) groups is 1. The Balaban J connectivity index is 1.44. The van der Waals surface area contributed by atoms with E-state index >= 15 is 0 Å². The Kier molecular flexibility index (Phi) is 7.88. The fourth-order valence-corrected chi connectivity index (χ4v) is 4.91. The first-order valence-corrected chi connectivity index (χ1v) is 12.0. The van der Waals surface area contributed by atoms with E-state index in [0.29, 0.717) is 35.1 Å². The molecule has 0 aromatic heterocycles. The first-order valence-electron chi connectivity index (χ1n) is 10.2. The van der Waals surface area contributed by atoms with Crippen molar-refractivity contribution < 1.29 is 13.2 Å². The van der Waals surface area contributed by atoms with E-state index in [0.717, 1.165) is 31.5 Å². The van der Waals surface area contributed by atoms with Gasteiger partial charge in [-0.3, -0.25) is 4.79 Å². The third-order valence-electron chi connectivity index (χ3n) is 5.26. The van der Waals surface area contributed by atoms with Crippen molar-refractivity contribution in [2.45, 2.75) is 31.1 Å². The van der Waals surface area contributed by atoms with Gasteiger partial charge in [-0.25, -0.2) is 13.1 Å². The molecular formula is C22H28ClN3O3S. The number of benzene rings is 2. The van der Waals surface area contributed by atoms with E-state index in [4.69, 9.17) is 11.6 Å². The largest absolute Gasteiger partial charge is 0.326 e. The minimum absolute atomic E-state index is 0.0561. The highest BCUT2D eigenvalue weighted by Gasteiger charge is 2.23. The predicted molar refractivity (Wildman–Crippen MR) is 120 cm³/mol. The van der Waals surface area contributed by atoms with E-state index in [-0.39, 0.29) is 11.8 Å². The second-order valence-electron chi connectivity index (χ2n) is 7.78. The molecule has 162 valence electrons. The molecule has 1 unspecified atom stereocenters. The number of rotatable bonds is 8. The fourth-order valence-electron chi connectivity index (χ4n) is 3.60. The van der Waals surface area contributed by atoms with Crippen LogP contribution in [-0.2, 0) is 14.8 Å². The summed E-state index contributed by atoms with van der Waals surface area (Å²) in [6, 6.07) is 13.9. The molecule has 1 atom stereocenters. The van der Waals surface area contributed by atoms with Gasteiger partial charge in [-0.05, 0) is 62.6 Å². The molecule has 0 aliphatic carbocycles. The average Bonchev–Trinajstić information content (AvgIpc) is 2.72. The average molecular weight is 450 g/mol. The van der Waals surface area contributed by atoms with E-state index in [1.54, 1.807) is 48.5 Å². The summed E-state index contributed by atoms with van der Waals surface area (Å²) in [4.78, 5) is 14.7. The van der Waals surface area contributed by atoms with Gasteiger partial charge in [-0.1, -0.05) is 35.4 Å². The lowest BCUT2D eigenvalue weighted by Gasteiger charge is -2.32. The minimum Gasteiger partial charge on any atom is -0.326 e. The molecule has 1 fully saturated rings. The summed E-state index contributed by atoms with van der Waals surface area (Å²) >= 11 is 5.94. The van der Waals surface area contributed by atoms with Crippen molar-refractivity contribution >= 4 is 33.2 Å². The van der Waals surface area contributed by atoms with E-state index in [2.05, 4.69) is 14.9 Å². The third kappa shape index (κ3) is 6.80. The van der Waals surface area contributed by atoms with Crippen LogP contribution in [0.4, 0.5) is 5.69 Å². The molecule has 0 bridgehead atoms. The standard InChI is InChI=1S/C22H28ClN3O3S/c1-17-7-9-21(10-8-17)30(28,29)24-15-18-4-3-12-26(16-18)13-11-22(27)25-20-6-2-5-19(23)14-20/h2,5-10,14,18,24H,3-4,11-13,15-16H2,1H3,(H,25,27). The molecule has 6 nitrogen and oxygen atoms in total. The number of likely N-dealkylation sites (tertiary alicyclic amines) is 1. The Labute approximate surface area is 183 Å². The number of nitrogens with zero attached hydrogens (tertiary/aromatic N) is 1. The third-order valence-corrected chi connectivity index (χ3v) is 6.93. The van der Waals surface area contributed by atoms with Crippen molar-refractivity contribution in [2.75, 3.05) is 31.5 Å². The maximum Gasteiger partial charge on any atom is 0.240 e. The molecule has 30 heavy (non-hydrogen) atoms. The predicted octanol–water partition coefficient (Wildman–Crippen LogP) is 3.67. The topological polar surface area (TPSA) is 78.5 Å². The highest BCUT2D eigenvalue weighted by atomic mass is 35.5. The summed E-state index contributed by atoms with van der Waals surface area (Å²) in [6.45, 7) is 4.68. The SMILES string of the molecule is Cc1ccc(S(=O)(=O)NCC2CCCN(CCC(=O)Nc3cccc(Cl)c3)C2)cc1. The maximum atomic E-state index is 12.5. The molecule has 1 saturated heterocycles. The van der Waals surface area contributed by atoms with Crippen LogP contribution in [0, 0.1) is 12.8 Å². The van der Waals surface area contributed by atoms with Gasteiger partial charge in [-0.2, -0.15) is 0 Å². The van der Waals surface area contributed by atoms with Crippen LogP contribution in [-0.4, -0.2) is 45.4 Å². The first-order chi connectivity index (χ1) is 14.3. The number of hydrogen-bond donors (Lipinski definition) is 2. The summed E-state index contributed by atoms with van der Waals surface area (Å²) in [5, 5.41) is 3.44. The summed E-state index contributed by atoms with van der Waals surface area (Å²) in [6.07, 6.45) is 2.35. The summed E-state index contributed by atoms with van der Waals surface area (Å²) in [7, 11) is -3.50. The molecule has 8 heteroatoms. The monoisotopic (exact) mass is 449 g/mol. The summed E-state index contributed by atoms with van der Waals surface area (Å²) in [5.41, 5.74) is 1.71. The van der Waals surface area contributed by atoms with Gasteiger partial charge in [0.2, 0.25) is 15.9 Å². The Morgan fingerprint density at radius 2 is 1.97 bits per heavy atom. The molecular weight excluding hydrogens is 422 g/mol. The first kappa shape index (κ1) is 22.7. The van der Waals surface area contributed by atoms with Gasteiger partial charge >= 0.3 is 0 Å². The van der Waals surface area contributed by atoms with Gasteiger partial charge in [0.1, 0.15) is 0 Å². The fraction of sp³-hybridized carbons (Fsp3) is 0.409. The van der Waals surface area contributed by atoms with Crippen molar-refractivity contribution in [3.05, 3.63) is 59.1 Å². The van der Waals surface area contributed by atoms with Gasteiger partial charge < -0.3 is 10.2 Å². The van der Waals surface area contributed by atoms with Gasteiger partial charge in [0, 0.05) is 36.8 Å². The normalized spacial score (nSPS) is 17.6. The number of aryl methyl sites for hydroxylation is 1. The molecule has 1 amide bonds. The molecule has 1 aliphatic heterocycles. The smallest absolute Gasteiger partial charge is 0.240 e. The maximum absolute atomic E-state index is 12.5. The lowest BCUT2D eigenvalue weighted by Crippen LogP contribution is -2.41. The number of sulfonamides is 1. The molecule has 2 N–H and O–H groups in total. The number of nitrogens with one attached hydrogen (secondary N) is 2. The lowest BCUT2D eigenvalue weighted by molar-refractivity contribution is -0.116. The highest BCUT2D eigenvalue weighted by Crippen LogP contribution is 2.18. The molecule has 0 saturated carbocycles. The van der Waals surface area contributed by atoms with Crippen LogP contribution in [0.3, 0.4) is 0 Å². The van der Waals surface area contributed by atoms with Gasteiger partial charge in [0.15, 0.2) is 0 Å². The van der Waals surface area contributed by atoms with Crippen molar-refractivity contribution in [3.8, 4) is 0 Å². The van der Waals surface area contributed by atoms with E-state index < -0.39 is 10.0 Å². The number of piperidine rings is 1. The van der Waals surface area contributed by atoms with Gasteiger partial charge in [0.25, 0.3) is 0 Å². The zero-order valence-corrected chi connectivity index (χ0v) is 18.7. The molecule has 1 aliphatic rings. The molecule has 0 radical (unpaired) electrons. The number of amides is 1. The summed E-state index contributed by atoms with van der Waals surface area (Å²) < 4.78 is 27.7. The molecule has 2 aromatic carbocycles. The molecule has 0 spiro atoms. The Morgan fingerprint density at radius 1 is 1.20 bits per heavy atom. The summed E-state index contributed by atoms with van der Waals surface area (Å²) in [5.74, 6) is 0.175. The van der Waals surface area contributed by atoms with Crippen LogP contribution < -0.4 is 10.0 Å². The lowest BCUT2D eigenvalue weighted by atomic mass is 9.98. The second-order valence-corrected chi connectivity index (χ2v) is 9.99. The van der Waals surface area contributed by atoms with Crippen LogP contribution in [0.2, 0.25) is 5.02 Å². The Morgan fingerprint density at radius 3 is 2.70 bits per heavy atom. The van der Waals surface area contributed by atoms with E-state index in [1.807, 2.05) is 6.92 Å². The molecule has 2 aromatic rings. The minimum atomic E-state index is -3.50.